The highest BCUT2D eigenvalue weighted by Crippen LogP contribution is 2.11. The van der Waals surface area contributed by atoms with Gasteiger partial charge in [0.2, 0.25) is 11.9 Å². The standard InChI is InChI=1S/C18H20FN7O2/c1-2-28-15(27)8-10-20-16-23-17(21-12-13-4-6-14(19)7-5-13)25-18(24-16)26-11-3-9-22-26/h3-7,9,11H,2,8,10,12H2,1H3,(H2,20,21,23,24,25). The first-order valence-electron chi connectivity index (χ1n) is 8.78. The SMILES string of the molecule is CCOC(=O)CCNc1nc(NCc2ccc(F)cc2)nc(-n2cccn2)n1. The number of hydrogen-bond donors (Lipinski definition) is 2. The summed E-state index contributed by atoms with van der Waals surface area (Å²) in [6.07, 6.45) is 3.51. The van der Waals surface area contributed by atoms with Gasteiger partial charge in [-0.1, -0.05) is 12.1 Å². The summed E-state index contributed by atoms with van der Waals surface area (Å²) in [5.41, 5.74) is 0.874. The highest BCUT2D eigenvalue weighted by molar-refractivity contribution is 5.69. The van der Waals surface area contributed by atoms with Crippen LogP contribution >= 0.6 is 0 Å². The monoisotopic (exact) mass is 385 g/mol. The van der Waals surface area contributed by atoms with Crippen molar-refractivity contribution >= 4 is 17.9 Å². The number of halogens is 1. The normalized spacial score (nSPS) is 10.5. The number of rotatable bonds is 9. The van der Waals surface area contributed by atoms with Crippen molar-refractivity contribution in [3.05, 3.63) is 54.1 Å². The Morgan fingerprint density at radius 3 is 2.57 bits per heavy atom. The van der Waals surface area contributed by atoms with E-state index in [1.807, 2.05) is 0 Å². The second kappa shape index (κ2) is 9.40. The van der Waals surface area contributed by atoms with Crippen LogP contribution in [0.1, 0.15) is 18.9 Å². The molecule has 3 aromatic rings. The maximum Gasteiger partial charge on any atom is 0.307 e. The Labute approximate surface area is 161 Å². The number of benzene rings is 1. The molecule has 0 fully saturated rings. The summed E-state index contributed by atoms with van der Waals surface area (Å²) < 4.78 is 19.4. The molecule has 0 saturated heterocycles. The highest BCUT2D eigenvalue weighted by atomic mass is 19.1. The van der Waals surface area contributed by atoms with Crippen LogP contribution < -0.4 is 10.6 Å². The summed E-state index contributed by atoms with van der Waals surface area (Å²) in [4.78, 5) is 24.4. The molecule has 0 spiro atoms. The number of nitrogens with zero attached hydrogens (tertiary/aromatic N) is 5. The molecule has 2 N–H and O–H groups in total. The molecule has 0 amide bonds. The molecule has 2 aromatic heterocycles. The lowest BCUT2D eigenvalue weighted by Crippen LogP contribution is -2.16. The van der Waals surface area contributed by atoms with Crippen LogP contribution in [-0.4, -0.2) is 43.9 Å². The second-order valence-electron chi connectivity index (χ2n) is 5.70. The third-order valence-corrected chi connectivity index (χ3v) is 3.61. The van der Waals surface area contributed by atoms with Crippen LogP contribution in [0.25, 0.3) is 5.95 Å². The predicted molar refractivity (Wildman–Crippen MR) is 100 cm³/mol. The van der Waals surface area contributed by atoms with Crippen molar-refractivity contribution in [1.29, 1.82) is 0 Å². The van der Waals surface area contributed by atoms with E-state index in [0.717, 1.165) is 5.56 Å². The van der Waals surface area contributed by atoms with Crippen LogP contribution in [-0.2, 0) is 16.1 Å². The van der Waals surface area contributed by atoms with Crippen molar-refractivity contribution < 1.29 is 13.9 Å². The van der Waals surface area contributed by atoms with E-state index in [-0.39, 0.29) is 18.2 Å². The number of esters is 1. The molecule has 28 heavy (non-hydrogen) atoms. The molecule has 146 valence electrons. The Bertz CT molecular complexity index is 901. The lowest BCUT2D eigenvalue weighted by atomic mass is 10.2. The van der Waals surface area contributed by atoms with E-state index in [0.29, 0.717) is 37.5 Å². The molecule has 0 atom stereocenters. The minimum Gasteiger partial charge on any atom is -0.466 e. The molecular weight excluding hydrogens is 365 g/mol. The lowest BCUT2D eigenvalue weighted by Gasteiger charge is -2.10. The quantitative estimate of drug-likeness (QED) is 0.540. The first kappa shape index (κ1) is 19.2. The number of carbonyl (C=O) groups excluding carboxylic acids is 1. The van der Waals surface area contributed by atoms with Crippen molar-refractivity contribution in [2.24, 2.45) is 0 Å². The molecule has 0 saturated carbocycles. The van der Waals surface area contributed by atoms with Crippen molar-refractivity contribution in [3.8, 4) is 5.95 Å². The van der Waals surface area contributed by atoms with E-state index in [9.17, 15) is 9.18 Å². The fraction of sp³-hybridized carbons (Fsp3) is 0.278. The smallest absolute Gasteiger partial charge is 0.307 e. The van der Waals surface area contributed by atoms with E-state index in [1.54, 1.807) is 37.5 Å². The Balaban J connectivity index is 1.71. The zero-order chi connectivity index (χ0) is 19.8. The van der Waals surface area contributed by atoms with Gasteiger partial charge in [-0.3, -0.25) is 4.79 Å². The number of ether oxygens (including phenoxy) is 1. The lowest BCUT2D eigenvalue weighted by molar-refractivity contribution is -0.142. The number of aromatic nitrogens is 5. The maximum atomic E-state index is 13.0. The first-order chi connectivity index (χ1) is 13.6. The minimum absolute atomic E-state index is 0.189. The molecule has 3 rings (SSSR count). The van der Waals surface area contributed by atoms with Gasteiger partial charge >= 0.3 is 5.97 Å². The fourth-order valence-corrected chi connectivity index (χ4v) is 2.31. The van der Waals surface area contributed by atoms with Crippen LogP contribution in [0, 0.1) is 5.82 Å². The Hall–Kier alpha value is -3.56. The van der Waals surface area contributed by atoms with E-state index >= 15 is 0 Å². The predicted octanol–water partition coefficient (Wildman–Crippen LogP) is 2.17. The van der Waals surface area contributed by atoms with Gasteiger partial charge in [0, 0.05) is 25.5 Å². The molecular formula is C18H20FN7O2. The summed E-state index contributed by atoms with van der Waals surface area (Å²) in [6, 6.07) is 7.89. The average Bonchev–Trinajstić information content (AvgIpc) is 3.23. The minimum atomic E-state index is -0.300. The summed E-state index contributed by atoms with van der Waals surface area (Å²) >= 11 is 0. The summed E-state index contributed by atoms with van der Waals surface area (Å²) in [5.74, 6) is 0.346. The molecule has 0 aliphatic rings. The molecule has 0 bridgehead atoms. The summed E-state index contributed by atoms with van der Waals surface area (Å²) in [7, 11) is 0. The number of carbonyl (C=O) groups is 1. The average molecular weight is 385 g/mol. The van der Waals surface area contributed by atoms with E-state index in [2.05, 4.69) is 30.7 Å². The van der Waals surface area contributed by atoms with Gasteiger partial charge in [0.1, 0.15) is 5.82 Å². The van der Waals surface area contributed by atoms with Crippen molar-refractivity contribution in [3.63, 3.8) is 0 Å². The molecule has 2 heterocycles. The van der Waals surface area contributed by atoms with Crippen LogP contribution in [0.4, 0.5) is 16.3 Å². The van der Waals surface area contributed by atoms with Gasteiger partial charge in [0.15, 0.2) is 0 Å². The van der Waals surface area contributed by atoms with Crippen molar-refractivity contribution in [1.82, 2.24) is 24.7 Å². The molecule has 1 aromatic carbocycles. The van der Waals surface area contributed by atoms with Crippen LogP contribution in [0.5, 0.6) is 0 Å². The fourth-order valence-electron chi connectivity index (χ4n) is 2.31. The van der Waals surface area contributed by atoms with Crippen LogP contribution in [0.3, 0.4) is 0 Å². The zero-order valence-corrected chi connectivity index (χ0v) is 15.3. The van der Waals surface area contributed by atoms with Gasteiger partial charge in [-0.25, -0.2) is 9.07 Å². The summed E-state index contributed by atoms with van der Waals surface area (Å²) in [5, 5.41) is 10.2. The topological polar surface area (TPSA) is 107 Å². The molecule has 9 nitrogen and oxygen atoms in total. The van der Waals surface area contributed by atoms with Gasteiger partial charge in [-0.05, 0) is 30.7 Å². The maximum absolute atomic E-state index is 13.0. The third-order valence-electron chi connectivity index (χ3n) is 3.61. The first-order valence-corrected chi connectivity index (χ1v) is 8.78. The Morgan fingerprint density at radius 1 is 1.14 bits per heavy atom. The van der Waals surface area contributed by atoms with Gasteiger partial charge in [0.05, 0.1) is 13.0 Å². The number of anilines is 2. The van der Waals surface area contributed by atoms with E-state index < -0.39 is 0 Å². The third kappa shape index (κ3) is 5.47. The van der Waals surface area contributed by atoms with Gasteiger partial charge in [-0.15, -0.1) is 0 Å². The number of nitrogens with one attached hydrogen (secondary N) is 2. The van der Waals surface area contributed by atoms with Crippen molar-refractivity contribution in [2.75, 3.05) is 23.8 Å². The van der Waals surface area contributed by atoms with E-state index in [1.165, 1.54) is 16.8 Å². The molecule has 0 unspecified atom stereocenters. The van der Waals surface area contributed by atoms with Gasteiger partial charge in [0.25, 0.3) is 5.95 Å². The molecule has 0 aliphatic carbocycles. The number of hydrogen-bond acceptors (Lipinski definition) is 8. The molecule has 10 heteroatoms. The van der Waals surface area contributed by atoms with E-state index in [4.69, 9.17) is 4.74 Å². The largest absolute Gasteiger partial charge is 0.466 e. The summed E-state index contributed by atoms with van der Waals surface area (Å²) in [6.45, 7) is 2.82. The van der Waals surface area contributed by atoms with Gasteiger partial charge in [-0.2, -0.15) is 20.1 Å². The Kier molecular flexibility index (Phi) is 6.45. The van der Waals surface area contributed by atoms with Gasteiger partial charge < -0.3 is 15.4 Å². The zero-order valence-electron chi connectivity index (χ0n) is 15.3. The van der Waals surface area contributed by atoms with Crippen LogP contribution in [0.2, 0.25) is 0 Å². The second-order valence-corrected chi connectivity index (χ2v) is 5.70. The molecule has 0 aliphatic heterocycles. The highest BCUT2D eigenvalue weighted by Gasteiger charge is 2.09. The Morgan fingerprint density at radius 2 is 1.89 bits per heavy atom. The molecule has 0 radical (unpaired) electrons. The van der Waals surface area contributed by atoms with Crippen LogP contribution in [0.15, 0.2) is 42.7 Å². The van der Waals surface area contributed by atoms with Crippen molar-refractivity contribution in [2.45, 2.75) is 19.9 Å².